The molecule has 0 radical (unpaired) electrons. The fourth-order valence-electron chi connectivity index (χ4n) is 1.81. The van der Waals surface area contributed by atoms with E-state index < -0.39 is 28.7 Å². The molecule has 0 heterocycles. The Morgan fingerprint density at radius 1 is 1.17 bits per heavy atom. The SMILES string of the molecule is COc1ccc(NC(=O)/C(C#N)=C/c2c(F)cccc2F)cc1. The fraction of sp³-hybridized carbons (Fsp3) is 0.0588. The number of methoxy groups -OCH3 is 1. The van der Waals surface area contributed by atoms with E-state index in [1.165, 1.54) is 13.2 Å². The molecular formula is C17H12F2N2O2. The number of nitrogens with zero attached hydrogens (tertiary/aromatic N) is 1. The van der Waals surface area contributed by atoms with Crippen LogP contribution in [0.4, 0.5) is 14.5 Å². The van der Waals surface area contributed by atoms with E-state index in [0.29, 0.717) is 11.4 Å². The number of hydrogen-bond acceptors (Lipinski definition) is 3. The Bertz CT molecular complexity index is 773. The molecule has 0 aromatic heterocycles. The highest BCUT2D eigenvalue weighted by Crippen LogP contribution is 2.18. The van der Waals surface area contributed by atoms with Gasteiger partial charge in [0.05, 0.1) is 7.11 Å². The van der Waals surface area contributed by atoms with E-state index in [9.17, 15) is 13.6 Å². The molecule has 0 unspecified atom stereocenters. The van der Waals surface area contributed by atoms with E-state index in [1.54, 1.807) is 30.3 Å². The lowest BCUT2D eigenvalue weighted by Gasteiger charge is -2.06. The van der Waals surface area contributed by atoms with Crippen LogP contribution in [0.25, 0.3) is 6.08 Å². The zero-order chi connectivity index (χ0) is 16.8. The first-order valence-corrected chi connectivity index (χ1v) is 6.56. The Balaban J connectivity index is 2.24. The minimum absolute atomic E-state index is 0.412. The van der Waals surface area contributed by atoms with E-state index in [1.807, 2.05) is 0 Å². The lowest BCUT2D eigenvalue weighted by molar-refractivity contribution is -0.112. The molecule has 23 heavy (non-hydrogen) atoms. The second-order valence-corrected chi connectivity index (χ2v) is 4.49. The van der Waals surface area contributed by atoms with Gasteiger partial charge in [-0.3, -0.25) is 4.79 Å². The van der Waals surface area contributed by atoms with Gasteiger partial charge in [-0.15, -0.1) is 0 Å². The summed E-state index contributed by atoms with van der Waals surface area (Å²) in [5, 5.41) is 11.5. The number of carbonyl (C=O) groups excluding carboxylic acids is 1. The first-order chi connectivity index (χ1) is 11.0. The smallest absolute Gasteiger partial charge is 0.266 e. The predicted molar refractivity (Wildman–Crippen MR) is 81.6 cm³/mol. The lowest BCUT2D eigenvalue weighted by Crippen LogP contribution is -2.13. The summed E-state index contributed by atoms with van der Waals surface area (Å²) in [4.78, 5) is 12.0. The van der Waals surface area contributed by atoms with Gasteiger partial charge < -0.3 is 10.1 Å². The number of hydrogen-bond donors (Lipinski definition) is 1. The maximum Gasteiger partial charge on any atom is 0.266 e. The highest BCUT2D eigenvalue weighted by molar-refractivity contribution is 6.09. The van der Waals surface area contributed by atoms with Crippen molar-refractivity contribution in [3.05, 3.63) is 65.2 Å². The minimum Gasteiger partial charge on any atom is -0.497 e. The summed E-state index contributed by atoms with van der Waals surface area (Å²) in [6, 6.07) is 11.3. The zero-order valence-electron chi connectivity index (χ0n) is 12.1. The van der Waals surface area contributed by atoms with Crippen molar-refractivity contribution in [2.45, 2.75) is 0 Å². The van der Waals surface area contributed by atoms with Crippen LogP contribution in [-0.4, -0.2) is 13.0 Å². The Morgan fingerprint density at radius 2 is 1.78 bits per heavy atom. The summed E-state index contributed by atoms with van der Waals surface area (Å²) >= 11 is 0. The summed E-state index contributed by atoms with van der Waals surface area (Å²) in [5.74, 6) is -1.86. The van der Waals surface area contributed by atoms with E-state index >= 15 is 0 Å². The number of rotatable bonds is 4. The third kappa shape index (κ3) is 3.92. The Kier molecular flexibility index (Phi) is 5.05. The van der Waals surface area contributed by atoms with Crippen molar-refractivity contribution < 1.29 is 18.3 Å². The highest BCUT2D eigenvalue weighted by Gasteiger charge is 2.13. The molecule has 2 aromatic carbocycles. The molecule has 0 aliphatic carbocycles. The molecule has 0 saturated carbocycles. The Hall–Kier alpha value is -3.20. The monoisotopic (exact) mass is 314 g/mol. The van der Waals surface area contributed by atoms with Crippen LogP contribution < -0.4 is 10.1 Å². The van der Waals surface area contributed by atoms with E-state index in [0.717, 1.165) is 18.2 Å². The molecule has 0 aliphatic rings. The molecule has 0 atom stereocenters. The molecule has 0 aliphatic heterocycles. The van der Waals surface area contributed by atoms with Gasteiger partial charge in [0, 0.05) is 11.3 Å². The third-order valence-electron chi connectivity index (χ3n) is 3.00. The first kappa shape index (κ1) is 16.2. The van der Waals surface area contributed by atoms with Gasteiger partial charge in [0.15, 0.2) is 0 Å². The van der Waals surface area contributed by atoms with Gasteiger partial charge in [-0.2, -0.15) is 5.26 Å². The number of anilines is 1. The lowest BCUT2D eigenvalue weighted by atomic mass is 10.1. The van der Waals surface area contributed by atoms with Gasteiger partial charge in [-0.05, 0) is 42.5 Å². The molecular weight excluding hydrogens is 302 g/mol. The maximum atomic E-state index is 13.6. The maximum absolute atomic E-state index is 13.6. The summed E-state index contributed by atoms with van der Waals surface area (Å²) in [6.45, 7) is 0. The van der Waals surface area contributed by atoms with Crippen molar-refractivity contribution in [3.8, 4) is 11.8 Å². The summed E-state index contributed by atoms with van der Waals surface area (Å²) < 4.78 is 32.2. The molecule has 0 bridgehead atoms. The third-order valence-corrected chi connectivity index (χ3v) is 3.00. The van der Waals surface area contributed by atoms with Crippen LogP contribution >= 0.6 is 0 Å². The minimum atomic E-state index is -0.852. The standard InChI is InChI=1S/C17H12F2N2O2/c1-23-13-7-5-12(6-8-13)21-17(22)11(10-20)9-14-15(18)3-2-4-16(14)19/h2-9H,1H3,(H,21,22)/b11-9+. The average Bonchev–Trinajstić information content (AvgIpc) is 2.55. The molecule has 1 N–H and O–H groups in total. The molecule has 2 rings (SSSR count). The second-order valence-electron chi connectivity index (χ2n) is 4.49. The number of amides is 1. The molecule has 2 aromatic rings. The molecule has 0 spiro atoms. The zero-order valence-corrected chi connectivity index (χ0v) is 12.1. The van der Waals surface area contributed by atoms with Gasteiger partial charge in [0.2, 0.25) is 0 Å². The topological polar surface area (TPSA) is 62.1 Å². The van der Waals surface area contributed by atoms with Crippen LogP contribution in [0.2, 0.25) is 0 Å². The quantitative estimate of drug-likeness (QED) is 0.694. The van der Waals surface area contributed by atoms with Crippen LogP contribution in [0.5, 0.6) is 5.75 Å². The molecule has 4 nitrogen and oxygen atoms in total. The van der Waals surface area contributed by atoms with Crippen LogP contribution in [-0.2, 0) is 4.79 Å². The van der Waals surface area contributed by atoms with Gasteiger partial charge >= 0.3 is 0 Å². The van der Waals surface area contributed by atoms with Crippen LogP contribution in [0.1, 0.15) is 5.56 Å². The van der Waals surface area contributed by atoms with E-state index in [2.05, 4.69) is 5.32 Å². The van der Waals surface area contributed by atoms with Gasteiger partial charge in [0.1, 0.15) is 29.0 Å². The van der Waals surface area contributed by atoms with Gasteiger partial charge in [-0.1, -0.05) is 6.07 Å². The molecule has 6 heteroatoms. The largest absolute Gasteiger partial charge is 0.497 e. The van der Waals surface area contributed by atoms with Crippen molar-refractivity contribution >= 4 is 17.7 Å². The summed E-state index contributed by atoms with van der Waals surface area (Å²) in [7, 11) is 1.51. The number of halogens is 2. The average molecular weight is 314 g/mol. The van der Waals surface area contributed by atoms with Crippen molar-refractivity contribution in [2.24, 2.45) is 0 Å². The van der Waals surface area contributed by atoms with Crippen LogP contribution in [0.15, 0.2) is 48.0 Å². The van der Waals surface area contributed by atoms with Gasteiger partial charge in [-0.25, -0.2) is 8.78 Å². The first-order valence-electron chi connectivity index (χ1n) is 6.56. The molecule has 0 saturated heterocycles. The van der Waals surface area contributed by atoms with Crippen molar-refractivity contribution in [1.29, 1.82) is 5.26 Å². The fourth-order valence-corrected chi connectivity index (χ4v) is 1.81. The number of nitriles is 1. The van der Waals surface area contributed by atoms with Gasteiger partial charge in [0.25, 0.3) is 5.91 Å². The van der Waals surface area contributed by atoms with Crippen LogP contribution in [0.3, 0.4) is 0 Å². The number of benzene rings is 2. The molecule has 116 valence electrons. The Labute approximate surface area is 131 Å². The van der Waals surface area contributed by atoms with E-state index in [-0.39, 0.29) is 0 Å². The number of carbonyl (C=O) groups is 1. The predicted octanol–water partition coefficient (Wildman–Crippen LogP) is 3.52. The molecule has 1 amide bonds. The highest BCUT2D eigenvalue weighted by atomic mass is 19.1. The number of nitrogens with one attached hydrogen (secondary N) is 1. The Morgan fingerprint density at radius 3 is 2.30 bits per heavy atom. The van der Waals surface area contributed by atoms with Crippen LogP contribution in [0, 0.1) is 23.0 Å². The summed E-state index contributed by atoms with van der Waals surface area (Å²) in [5.41, 5.74) is -0.426. The van der Waals surface area contributed by atoms with Crippen molar-refractivity contribution in [2.75, 3.05) is 12.4 Å². The van der Waals surface area contributed by atoms with Crippen molar-refractivity contribution in [3.63, 3.8) is 0 Å². The van der Waals surface area contributed by atoms with Crippen molar-refractivity contribution in [1.82, 2.24) is 0 Å². The normalized spacial score (nSPS) is 10.8. The second kappa shape index (κ2) is 7.18. The molecule has 0 fully saturated rings. The summed E-state index contributed by atoms with van der Waals surface area (Å²) in [6.07, 6.45) is 0.878. The number of ether oxygens (including phenoxy) is 1. The van der Waals surface area contributed by atoms with E-state index in [4.69, 9.17) is 10.00 Å².